The van der Waals surface area contributed by atoms with Crippen molar-refractivity contribution in [1.29, 1.82) is 0 Å². The number of rotatable bonds is 2. The zero-order chi connectivity index (χ0) is 12.4. The standard InChI is InChI=1S/C14H11BrO2/c1-9-7-11(5-6-13(9)15)10-3-2-4-12(8-10)14(16)17/h2-8H,1H3,(H,16,17). The van der Waals surface area contributed by atoms with Crippen LogP contribution in [0.2, 0.25) is 0 Å². The molecule has 0 atom stereocenters. The number of carboxylic acid groups (broad SMARTS) is 1. The van der Waals surface area contributed by atoms with E-state index in [0.717, 1.165) is 21.2 Å². The third-order valence-corrected chi connectivity index (χ3v) is 3.49. The first-order valence-electron chi connectivity index (χ1n) is 5.18. The largest absolute Gasteiger partial charge is 0.478 e. The highest BCUT2D eigenvalue weighted by Crippen LogP contribution is 2.25. The molecular formula is C14H11BrO2. The van der Waals surface area contributed by atoms with Gasteiger partial charge in [0.15, 0.2) is 0 Å². The Kier molecular flexibility index (Phi) is 3.29. The Hall–Kier alpha value is -1.61. The summed E-state index contributed by atoms with van der Waals surface area (Å²) >= 11 is 3.45. The van der Waals surface area contributed by atoms with E-state index in [-0.39, 0.29) is 0 Å². The van der Waals surface area contributed by atoms with Crippen molar-refractivity contribution in [3.05, 3.63) is 58.1 Å². The number of benzene rings is 2. The van der Waals surface area contributed by atoms with E-state index >= 15 is 0 Å². The molecule has 0 heterocycles. The van der Waals surface area contributed by atoms with Crippen LogP contribution < -0.4 is 0 Å². The maximum Gasteiger partial charge on any atom is 0.335 e. The molecule has 0 saturated carbocycles. The minimum absolute atomic E-state index is 0.308. The first kappa shape index (κ1) is 11.9. The first-order valence-corrected chi connectivity index (χ1v) is 5.97. The Morgan fingerprint density at radius 1 is 1.12 bits per heavy atom. The van der Waals surface area contributed by atoms with E-state index < -0.39 is 5.97 Å². The minimum Gasteiger partial charge on any atom is -0.478 e. The molecule has 2 nitrogen and oxygen atoms in total. The summed E-state index contributed by atoms with van der Waals surface area (Å²) in [4.78, 5) is 10.9. The average molecular weight is 291 g/mol. The van der Waals surface area contributed by atoms with Crippen LogP contribution in [-0.4, -0.2) is 11.1 Å². The second-order valence-corrected chi connectivity index (χ2v) is 4.70. The van der Waals surface area contributed by atoms with Crippen LogP contribution in [0.15, 0.2) is 46.9 Å². The van der Waals surface area contributed by atoms with Crippen molar-refractivity contribution >= 4 is 21.9 Å². The molecule has 0 aromatic heterocycles. The Balaban J connectivity index is 2.49. The quantitative estimate of drug-likeness (QED) is 0.903. The van der Waals surface area contributed by atoms with Gasteiger partial charge in [-0.05, 0) is 41.8 Å². The van der Waals surface area contributed by atoms with Crippen molar-refractivity contribution in [2.45, 2.75) is 6.92 Å². The van der Waals surface area contributed by atoms with E-state index in [2.05, 4.69) is 15.9 Å². The van der Waals surface area contributed by atoms with E-state index in [4.69, 9.17) is 5.11 Å². The van der Waals surface area contributed by atoms with Crippen LogP contribution in [0, 0.1) is 6.92 Å². The number of aryl methyl sites for hydroxylation is 1. The molecule has 0 aliphatic heterocycles. The van der Waals surface area contributed by atoms with Crippen LogP contribution in [0.5, 0.6) is 0 Å². The summed E-state index contributed by atoms with van der Waals surface area (Å²) in [6, 6.07) is 12.9. The molecule has 0 radical (unpaired) electrons. The van der Waals surface area contributed by atoms with Gasteiger partial charge in [-0.3, -0.25) is 0 Å². The zero-order valence-corrected chi connectivity index (χ0v) is 10.9. The third-order valence-electron chi connectivity index (χ3n) is 2.60. The summed E-state index contributed by atoms with van der Waals surface area (Å²) in [7, 11) is 0. The molecule has 0 bridgehead atoms. The van der Waals surface area contributed by atoms with E-state index in [9.17, 15) is 4.79 Å². The first-order chi connectivity index (χ1) is 8.08. The van der Waals surface area contributed by atoms with Gasteiger partial charge in [0.25, 0.3) is 0 Å². The molecule has 0 amide bonds. The lowest BCUT2D eigenvalue weighted by atomic mass is 10.0. The van der Waals surface area contributed by atoms with Crippen molar-refractivity contribution in [2.75, 3.05) is 0 Å². The van der Waals surface area contributed by atoms with Crippen LogP contribution in [0.1, 0.15) is 15.9 Å². The molecule has 86 valence electrons. The highest BCUT2D eigenvalue weighted by atomic mass is 79.9. The molecule has 1 N–H and O–H groups in total. The fourth-order valence-corrected chi connectivity index (χ4v) is 1.90. The SMILES string of the molecule is Cc1cc(-c2cccc(C(=O)O)c2)ccc1Br. The molecule has 0 fully saturated rings. The molecule has 2 rings (SSSR count). The average Bonchev–Trinajstić information content (AvgIpc) is 2.33. The molecule has 0 saturated heterocycles. The molecule has 0 aliphatic rings. The molecule has 0 aliphatic carbocycles. The van der Waals surface area contributed by atoms with E-state index in [0.29, 0.717) is 5.56 Å². The number of hydrogen-bond donors (Lipinski definition) is 1. The monoisotopic (exact) mass is 290 g/mol. The molecule has 0 spiro atoms. The number of carboxylic acids is 1. The lowest BCUT2D eigenvalue weighted by Crippen LogP contribution is -1.95. The Morgan fingerprint density at radius 3 is 2.47 bits per heavy atom. The third kappa shape index (κ3) is 2.56. The molecular weight excluding hydrogens is 280 g/mol. The predicted molar refractivity (Wildman–Crippen MR) is 71.3 cm³/mol. The number of halogens is 1. The highest BCUT2D eigenvalue weighted by Gasteiger charge is 2.05. The molecule has 3 heteroatoms. The predicted octanol–water partition coefficient (Wildman–Crippen LogP) is 4.12. The molecule has 2 aromatic carbocycles. The molecule has 0 unspecified atom stereocenters. The zero-order valence-electron chi connectivity index (χ0n) is 9.27. The lowest BCUT2D eigenvalue weighted by Gasteiger charge is -2.05. The smallest absolute Gasteiger partial charge is 0.335 e. The van der Waals surface area contributed by atoms with E-state index in [1.807, 2.05) is 31.2 Å². The maximum atomic E-state index is 10.9. The van der Waals surface area contributed by atoms with E-state index in [1.54, 1.807) is 18.2 Å². The van der Waals surface area contributed by atoms with Gasteiger partial charge in [0.2, 0.25) is 0 Å². The van der Waals surface area contributed by atoms with Crippen molar-refractivity contribution in [3.8, 4) is 11.1 Å². The van der Waals surface area contributed by atoms with Crippen LogP contribution in [-0.2, 0) is 0 Å². The lowest BCUT2D eigenvalue weighted by molar-refractivity contribution is 0.0697. The fraction of sp³-hybridized carbons (Fsp3) is 0.0714. The van der Waals surface area contributed by atoms with Crippen molar-refractivity contribution in [3.63, 3.8) is 0 Å². The van der Waals surface area contributed by atoms with Gasteiger partial charge < -0.3 is 5.11 Å². The van der Waals surface area contributed by atoms with Crippen LogP contribution in [0.4, 0.5) is 0 Å². The Morgan fingerprint density at radius 2 is 1.82 bits per heavy atom. The summed E-state index contributed by atoms with van der Waals surface area (Å²) in [5, 5.41) is 8.95. The van der Waals surface area contributed by atoms with Gasteiger partial charge in [-0.2, -0.15) is 0 Å². The molecule has 17 heavy (non-hydrogen) atoms. The van der Waals surface area contributed by atoms with Gasteiger partial charge >= 0.3 is 5.97 Å². The van der Waals surface area contributed by atoms with Crippen LogP contribution in [0.25, 0.3) is 11.1 Å². The van der Waals surface area contributed by atoms with Crippen molar-refractivity contribution in [1.82, 2.24) is 0 Å². The van der Waals surface area contributed by atoms with Crippen molar-refractivity contribution < 1.29 is 9.90 Å². The minimum atomic E-state index is -0.902. The van der Waals surface area contributed by atoms with Crippen molar-refractivity contribution in [2.24, 2.45) is 0 Å². The number of aromatic carboxylic acids is 1. The number of hydrogen-bond acceptors (Lipinski definition) is 1. The van der Waals surface area contributed by atoms with Gasteiger partial charge in [-0.15, -0.1) is 0 Å². The maximum absolute atomic E-state index is 10.9. The van der Waals surface area contributed by atoms with Gasteiger partial charge in [0.1, 0.15) is 0 Å². The summed E-state index contributed by atoms with van der Waals surface area (Å²) in [6.07, 6.45) is 0. The Labute approximate surface area is 108 Å². The second-order valence-electron chi connectivity index (χ2n) is 3.85. The second kappa shape index (κ2) is 4.72. The highest BCUT2D eigenvalue weighted by molar-refractivity contribution is 9.10. The normalized spacial score (nSPS) is 10.2. The van der Waals surface area contributed by atoms with E-state index in [1.165, 1.54) is 0 Å². The fourth-order valence-electron chi connectivity index (χ4n) is 1.66. The summed E-state index contributed by atoms with van der Waals surface area (Å²) in [6.45, 7) is 2.01. The summed E-state index contributed by atoms with van der Waals surface area (Å²) in [5.41, 5.74) is 3.38. The Bertz CT molecular complexity index is 576. The number of carbonyl (C=O) groups is 1. The van der Waals surface area contributed by atoms with Crippen LogP contribution in [0.3, 0.4) is 0 Å². The summed E-state index contributed by atoms with van der Waals surface area (Å²) < 4.78 is 1.05. The summed E-state index contributed by atoms with van der Waals surface area (Å²) in [5.74, 6) is -0.902. The topological polar surface area (TPSA) is 37.3 Å². The van der Waals surface area contributed by atoms with Gasteiger partial charge in [-0.25, -0.2) is 4.79 Å². The van der Waals surface area contributed by atoms with Gasteiger partial charge in [-0.1, -0.05) is 40.2 Å². The van der Waals surface area contributed by atoms with Gasteiger partial charge in [0, 0.05) is 4.47 Å². The van der Waals surface area contributed by atoms with Crippen LogP contribution >= 0.6 is 15.9 Å². The molecule has 2 aromatic rings. The van der Waals surface area contributed by atoms with Gasteiger partial charge in [0.05, 0.1) is 5.56 Å².